The number of benzene rings is 1. The van der Waals surface area contributed by atoms with Crippen LogP contribution in [-0.4, -0.2) is 6.29 Å². The number of carbonyl (C=O) groups excluding carboxylic acids is 1. The van der Waals surface area contributed by atoms with E-state index in [2.05, 4.69) is 0 Å². The molecule has 1 aliphatic rings. The topological polar surface area (TPSA) is 35.5 Å². The maximum absolute atomic E-state index is 10.3. The van der Waals surface area contributed by atoms with Gasteiger partial charge in [0, 0.05) is 11.1 Å². The van der Waals surface area contributed by atoms with Gasteiger partial charge in [-0.25, -0.2) is 0 Å². The molecule has 0 spiro atoms. The van der Waals surface area contributed by atoms with E-state index in [1.807, 2.05) is 6.07 Å². The van der Waals surface area contributed by atoms with Crippen LogP contribution in [0.5, 0.6) is 5.75 Å². The SMILES string of the molecule is O=Cc1ccc2c(c1)OOC2. The number of hydrogen-bond acceptors (Lipinski definition) is 3. The summed E-state index contributed by atoms with van der Waals surface area (Å²) < 4.78 is 0. The van der Waals surface area contributed by atoms with Gasteiger partial charge in [-0.2, -0.15) is 4.89 Å². The molecule has 0 bridgehead atoms. The molecule has 1 aromatic rings. The minimum atomic E-state index is 0.467. The zero-order valence-electron chi connectivity index (χ0n) is 5.74. The Bertz CT molecular complexity index is 293. The predicted octanol–water partition coefficient (Wildman–Crippen LogP) is 1.32. The zero-order valence-corrected chi connectivity index (χ0v) is 5.74. The molecule has 0 unspecified atom stereocenters. The van der Waals surface area contributed by atoms with Gasteiger partial charge in [-0.15, -0.1) is 0 Å². The minimum absolute atomic E-state index is 0.467. The summed E-state index contributed by atoms with van der Waals surface area (Å²) >= 11 is 0. The van der Waals surface area contributed by atoms with Gasteiger partial charge in [0.1, 0.15) is 12.9 Å². The predicted molar refractivity (Wildman–Crippen MR) is 37.2 cm³/mol. The normalized spacial score (nSPS) is 13.8. The van der Waals surface area contributed by atoms with Gasteiger partial charge in [-0.1, -0.05) is 12.1 Å². The molecule has 0 aromatic heterocycles. The number of rotatable bonds is 1. The van der Waals surface area contributed by atoms with Crippen LogP contribution in [0, 0.1) is 0 Å². The lowest BCUT2D eigenvalue weighted by Crippen LogP contribution is -1.83. The van der Waals surface area contributed by atoms with Crippen molar-refractivity contribution in [2.24, 2.45) is 0 Å². The average molecular weight is 150 g/mol. The Morgan fingerprint density at radius 2 is 2.36 bits per heavy atom. The summed E-state index contributed by atoms with van der Waals surface area (Å²) in [4.78, 5) is 19.8. The van der Waals surface area contributed by atoms with Gasteiger partial charge in [0.15, 0.2) is 5.75 Å². The van der Waals surface area contributed by atoms with E-state index in [9.17, 15) is 4.79 Å². The Hall–Kier alpha value is -1.35. The maximum atomic E-state index is 10.3. The van der Waals surface area contributed by atoms with Gasteiger partial charge in [0.05, 0.1) is 0 Å². The number of carbonyl (C=O) groups is 1. The van der Waals surface area contributed by atoms with E-state index in [4.69, 9.17) is 9.78 Å². The third kappa shape index (κ3) is 0.991. The molecule has 0 saturated carbocycles. The van der Waals surface area contributed by atoms with Crippen molar-refractivity contribution >= 4 is 6.29 Å². The summed E-state index contributed by atoms with van der Waals surface area (Å²) in [5, 5.41) is 0. The summed E-state index contributed by atoms with van der Waals surface area (Å²) in [6.45, 7) is 0.467. The molecular formula is C8H6O3. The van der Waals surface area contributed by atoms with Crippen LogP contribution in [0.15, 0.2) is 18.2 Å². The van der Waals surface area contributed by atoms with Crippen molar-refractivity contribution in [2.75, 3.05) is 0 Å². The van der Waals surface area contributed by atoms with E-state index >= 15 is 0 Å². The Morgan fingerprint density at radius 3 is 3.18 bits per heavy atom. The van der Waals surface area contributed by atoms with Crippen LogP contribution in [0.4, 0.5) is 0 Å². The Labute approximate surface area is 63.5 Å². The van der Waals surface area contributed by atoms with Gasteiger partial charge < -0.3 is 4.89 Å². The molecule has 1 heterocycles. The molecule has 0 amide bonds. The molecule has 0 aliphatic carbocycles. The quantitative estimate of drug-likeness (QED) is 0.447. The van der Waals surface area contributed by atoms with E-state index in [1.54, 1.807) is 12.1 Å². The van der Waals surface area contributed by atoms with Crippen molar-refractivity contribution in [3.05, 3.63) is 29.3 Å². The van der Waals surface area contributed by atoms with E-state index in [1.165, 1.54) is 0 Å². The summed E-state index contributed by atoms with van der Waals surface area (Å²) in [5.41, 5.74) is 1.59. The Morgan fingerprint density at radius 1 is 1.45 bits per heavy atom. The zero-order chi connectivity index (χ0) is 7.68. The first kappa shape index (κ1) is 6.37. The highest BCUT2D eigenvalue weighted by molar-refractivity contribution is 5.75. The lowest BCUT2D eigenvalue weighted by molar-refractivity contribution is -0.194. The third-order valence-corrected chi connectivity index (χ3v) is 1.59. The summed E-state index contributed by atoms with van der Waals surface area (Å²) in [5.74, 6) is 0.648. The largest absolute Gasteiger partial charge is 0.337 e. The standard InChI is InChI=1S/C8H6O3/c9-4-6-1-2-7-5-10-11-8(7)3-6/h1-4H,5H2. The van der Waals surface area contributed by atoms with Gasteiger partial charge in [0.2, 0.25) is 0 Å². The average Bonchev–Trinajstić information content (AvgIpc) is 2.50. The van der Waals surface area contributed by atoms with Crippen LogP contribution < -0.4 is 4.89 Å². The number of aldehydes is 1. The highest BCUT2D eigenvalue weighted by Crippen LogP contribution is 2.26. The molecule has 1 aliphatic heterocycles. The van der Waals surface area contributed by atoms with Gasteiger partial charge in [-0.05, 0) is 6.07 Å². The van der Waals surface area contributed by atoms with Crippen LogP contribution in [0.3, 0.4) is 0 Å². The third-order valence-electron chi connectivity index (χ3n) is 1.59. The first-order valence-electron chi connectivity index (χ1n) is 3.28. The molecule has 56 valence electrons. The van der Waals surface area contributed by atoms with Crippen molar-refractivity contribution in [3.8, 4) is 5.75 Å². The first-order chi connectivity index (χ1) is 5.40. The van der Waals surface area contributed by atoms with Crippen molar-refractivity contribution < 1.29 is 14.6 Å². The molecule has 0 N–H and O–H groups in total. The van der Waals surface area contributed by atoms with Gasteiger partial charge in [-0.3, -0.25) is 4.79 Å². The summed E-state index contributed by atoms with van der Waals surface area (Å²) in [7, 11) is 0. The van der Waals surface area contributed by atoms with Gasteiger partial charge in [0.25, 0.3) is 0 Å². The van der Waals surface area contributed by atoms with Crippen LogP contribution in [0.25, 0.3) is 0 Å². The fourth-order valence-electron chi connectivity index (χ4n) is 0.998. The molecule has 3 nitrogen and oxygen atoms in total. The molecule has 0 atom stereocenters. The molecule has 3 heteroatoms. The molecule has 0 radical (unpaired) electrons. The van der Waals surface area contributed by atoms with Crippen molar-refractivity contribution in [3.63, 3.8) is 0 Å². The fraction of sp³-hybridized carbons (Fsp3) is 0.125. The second-order valence-corrected chi connectivity index (χ2v) is 2.33. The second-order valence-electron chi connectivity index (χ2n) is 2.33. The monoisotopic (exact) mass is 150 g/mol. The lowest BCUT2D eigenvalue weighted by atomic mass is 10.1. The summed E-state index contributed by atoms with van der Waals surface area (Å²) in [6, 6.07) is 5.23. The van der Waals surface area contributed by atoms with Crippen LogP contribution in [0.1, 0.15) is 15.9 Å². The smallest absolute Gasteiger partial charge is 0.171 e. The molecule has 0 saturated heterocycles. The van der Waals surface area contributed by atoms with E-state index < -0.39 is 0 Å². The van der Waals surface area contributed by atoms with E-state index in [0.717, 1.165) is 11.8 Å². The Kier molecular flexibility index (Phi) is 1.36. The van der Waals surface area contributed by atoms with Crippen LogP contribution in [-0.2, 0) is 11.5 Å². The number of hydrogen-bond donors (Lipinski definition) is 0. The van der Waals surface area contributed by atoms with Crippen LogP contribution >= 0.6 is 0 Å². The second kappa shape index (κ2) is 2.36. The molecular weight excluding hydrogens is 144 g/mol. The van der Waals surface area contributed by atoms with Crippen molar-refractivity contribution in [1.82, 2.24) is 0 Å². The molecule has 2 rings (SSSR count). The molecule has 11 heavy (non-hydrogen) atoms. The van der Waals surface area contributed by atoms with Crippen molar-refractivity contribution in [1.29, 1.82) is 0 Å². The lowest BCUT2D eigenvalue weighted by Gasteiger charge is -1.93. The molecule has 0 fully saturated rings. The maximum Gasteiger partial charge on any atom is 0.171 e. The Balaban J connectivity index is 2.48. The van der Waals surface area contributed by atoms with E-state index in [-0.39, 0.29) is 0 Å². The first-order valence-corrected chi connectivity index (χ1v) is 3.28. The minimum Gasteiger partial charge on any atom is -0.337 e. The van der Waals surface area contributed by atoms with Crippen molar-refractivity contribution in [2.45, 2.75) is 6.61 Å². The summed E-state index contributed by atoms with van der Waals surface area (Å²) in [6.07, 6.45) is 0.780. The highest BCUT2D eigenvalue weighted by atomic mass is 17.2. The van der Waals surface area contributed by atoms with E-state index in [0.29, 0.717) is 17.9 Å². The molecule has 1 aromatic carbocycles. The highest BCUT2D eigenvalue weighted by Gasteiger charge is 2.12. The van der Waals surface area contributed by atoms with Crippen LogP contribution in [0.2, 0.25) is 0 Å². The number of fused-ring (bicyclic) bond motifs is 1. The van der Waals surface area contributed by atoms with Gasteiger partial charge >= 0.3 is 0 Å². The fourth-order valence-corrected chi connectivity index (χ4v) is 0.998.